The fourth-order valence-corrected chi connectivity index (χ4v) is 6.13. The zero-order valence-electron chi connectivity index (χ0n) is 22.5. The first kappa shape index (κ1) is 26.6. The molecule has 3 heterocycles. The van der Waals surface area contributed by atoms with Crippen LogP contribution in [0.25, 0.3) is 10.8 Å². The lowest BCUT2D eigenvalue weighted by atomic mass is 9.90. The van der Waals surface area contributed by atoms with E-state index in [0.29, 0.717) is 17.6 Å². The number of nitrogens with one attached hydrogen (secondary N) is 2. The van der Waals surface area contributed by atoms with Gasteiger partial charge in [-0.2, -0.15) is 8.42 Å². The van der Waals surface area contributed by atoms with Crippen molar-refractivity contribution in [2.24, 2.45) is 5.92 Å². The van der Waals surface area contributed by atoms with Crippen molar-refractivity contribution in [2.75, 3.05) is 16.8 Å². The van der Waals surface area contributed by atoms with Gasteiger partial charge in [-0.05, 0) is 73.7 Å². The Balaban J connectivity index is 1.37. The van der Waals surface area contributed by atoms with Crippen molar-refractivity contribution in [2.45, 2.75) is 50.7 Å². The molecule has 2 unspecified atom stereocenters. The van der Waals surface area contributed by atoms with Crippen LogP contribution in [0.5, 0.6) is 0 Å². The summed E-state index contributed by atoms with van der Waals surface area (Å²) in [4.78, 5) is 24.1. The molecule has 2 atom stereocenters. The van der Waals surface area contributed by atoms with Crippen LogP contribution in [0.4, 0.5) is 11.6 Å². The van der Waals surface area contributed by atoms with Crippen LogP contribution < -0.4 is 14.9 Å². The summed E-state index contributed by atoms with van der Waals surface area (Å²) in [5.41, 5.74) is 1.06. The number of amides is 1. The lowest BCUT2D eigenvalue weighted by Crippen LogP contribution is -2.43. The Morgan fingerprint density at radius 3 is 2.54 bits per heavy atom. The van der Waals surface area contributed by atoms with E-state index in [1.807, 2.05) is 31.2 Å². The SMILES string of the molecule is CC(Nc1cccc(S(=O)(=O)NC(=O)c2cccnc2N2CCC(C)C2(C)C)n1)c1cccc2ccccc12. The molecule has 1 aliphatic rings. The summed E-state index contributed by atoms with van der Waals surface area (Å²) in [7, 11) is -4.24. The van der Waals surface area contributed by atoms with Gasteiger partial charge in [0.05, 0.1) is 11.6 Å². The van der Waals surface area contributed by atoms with Gasteiger partial charge in [0.25, 0.3) is 15.9 Å². The van der Waals surface area contributed by atoms with Gasteiger partial charge in [-0.25, -0.2) is 14.7 Å². The maximum atomic E-state index is 13.3. The van der Waals surface area contributed by atoms with Crippen molar-refractivity contribution in [1.29, 1.82) is 0 Å². The molecule has 202 valence electrons. The highest BCUT2D eigenvalue weighted by atomic mass is 32.2. The molecular weight excluding hydrogens is 510 g/mol. The summed E-state index contributed by atoms with van der Waals surface area (Å²) in [6, 6.07) is 22.0. The van der Waals surface area contributed by atoms with E-state index in [2.05, 4.69) is 63.9 Å². The van der Waals surface area contributed by atoms with E-state index in [1.165, 1.54) is 6.07 Å². The van der Waals surface area contributed by atoms with E-state index >= 15 is 0 Å². The predicted molar refractivity (Wildman–Crippen MR) is 154 cm³/mol. The Morgan fingerprint density at radius 2 is 1.77 bits per heavy atom. The third-order valence-corrected chi connectivity index (χ3v) is 9.09. The summed E-state index contributed by atoms with van der Waals surface area (Å²) in [5.74, 6) is 0.528. The molecule has 2 aromatic carbocycles. The summed E-state index contributed by atoms with van der Waals surface area (Å²) in [6.45, 7) is 9.12. The van der Waals surface area contributed by atoms with E-state index < -0.39 is 15.9 Å². The lowest BCUT2D eigenvalue weighted by Gasteiger charge is -2.36. The molecule has 39 heavy (non-hydrogen) atoms. The molecule has 1 saturated heterocycles. The molecule has 0 spiro atoms. The molecule has 0 radical (unpaired) electrons. The van der Waals surface area contributed by atoms with Crippen molar-refractivity contribution in [3.05, 3.63) is 90.1 Å². The molecule has 0 bridgehead atoms. The highest BCUT2D eigenvalue weighted by Gasteiger charge is 2.40. The minimum Gasteiger partial charge on any atom is -0.363 e. The van der Waals surface area contributed by atoms with Crippen LogP contribution in [-0.2, 0) is 10.0 Å². The van der Waals surface area contributed by atoms with Gasteiger partial charge in [0.1, 0.15) is 11.6 Å². The normalized spacial score (nSPS) is 17.6. The van der Waals surface area contributed by atoms with Crippen molar-refractivity contribution in [3.8, 4) is 0 Å². The predicted octanol–water partition coefficient (Wildman–Crippen LogP) is 5.55. The molecular formula is C30H33N5O3S. The largest absolute Gasteiger partial charge is 0.363 e. The number of rotatable bonds is 7. The van der Waals surface area contributed by atoms with Gasteiger partial charge >= 0.3 is 0 Å². The highest BCUT2D eigenvalue weighted by Crippen LogP contribution is 2.38. The Morgan fingerprint density at radius 1 is 1.03 bits per heavy atom. The van der Waals surface area contributed by atoms with Crippen LogP contribution in [0.3, 0.4) is 0 Å². The number of benzene rings is 2. The first-order valence-electron chi connectivity index (χ1n) is 13.1. The van der Waals surface area contributed by atoms with Crippen LogP contribution >= 0.6 is 0 Å². The smallest absolute Gasteiger partial charge is 0.281 e. The number of hydrogen-bond donors (Lipinski definition) is 2. The minimum absolute atomic E-state index is 0.139. The zero-order chi connectivity index (χ0) is 27.8. The maximum absolute atomic E-state index is 13.3. The van der Waals surface area contributed by atoms with Crippen LogP contribution in [-0.4, -0.2) is 36.4 Å². The lowest BCUT2D eigenvalue weighted by molar-refractivity contribution is 0.0981. The van der Waals surface area contributed by atoms with Gasteiger partial charge in [0.2, 0.25) is 0 Å². The average molecular weight is 544 g/mol. The fraction of sp³-hybridized carbons (Fsp3) is 0.300. The highest BCUT2D eigenvalue weighted by molar-refractivity contribution is 7.90. The first-order chi connectivity index (χ1) is 18.6. The quantitative estimate of drug-likeness (QED) is 0.315. The van der Waals surface area contributed by atoms with Crippen molar-refractivity contribution in [3.63, 3.8) is 0 Å². The standard InChI is InChI=1S/C30H33N5O3S/c1-20-17-19-35(30(20,3)4)28-25(14-9-18-31-28)29(36)34-39(37,38)27-16-8-15-26(33-27)32-21(2)23-13-7-11-22-10-5-6-12-24(22)23/h5-16,18,20-21H,17,19H2,1-4H3,(H,32,33)(H,34,36). The molecule has 9 heteroatoms. The first-order valence-corrected chi connectivity index (χ1v) is 14.6. The third-order valence-electron chi connectivity index (χ3n) is 7.85. The summed E-state index contributed by atoms with van der Waals surface area (Å²) < 4.78 is 28.7. The number of pyridine rings is 2. The molecule has 8 nitrogen and oxygen atoms in total. The molecule has 1 amide bonds. The summed E-state index contributed by atoms with van der Waals surface area (Å²) in [6.07, 6.45) is 2.58. The Labute approximate surface area is 229 Å². The van der Waals surface area contributed by atoms with E-state index in [0.717, 1.165) is 29.3 Å². The van der Waals surface area contributed by atoms with Crippen LogP contribution in [0.2, 0.25) is 0 Å². The van der Waals surface area contributed by atoms with Gasteiger partial charge in [0, 0.05) is 18.3 Å². The maximum Gasteiger partial charge on any atom is 0.281 e. The molecule has 4 aromatic rings. The van der Waals surface area contributed by atoms with Crippen LogP contribution in [0, 0.1) is 5.92 Å². The van der Waals surface area contributed by atoms with E-state index in [9.17, 15) is 13.2 Å². The number of nitrogens with zero attached hydrogens (tertiary/aromatic N) is 3. The third kappa shape index (κ3) is 5.18. The van der Waals surface area contributed by atoms with Crippen LogP contribution in [0.1, 0.15) is 56.1 Å². The molecule has 2 N–H and O–H groups in total. The minimum atomic E-state index is -4.24. The molecule has 0 aliphatic carbocycles. The van der Waals surface area contributed by atoms with Crippen molar-refractivity contribution < 1.29 is 13.2 Å². The average Bonchev–Trinajstić information content (AvgIpc) is 3.19. The molecule has 2 aromatic heterocycles. The van der Waals surface area contributed by atoms with E-state index in [-0.39, 0.29) is 22.2 Å². The Kier molecular flexibility index (Phi) is 7.03. The number of sulfonamides is 1. The number of fused-ring (bicyclic) bond motifs is 1. The van der Waals surface area contributed by atoms with Crippen molar-refractivity contribution >= 4 is 38.3 Å². The Bertz CT molecular complexity index is 1630. The van der Waals surface area contributed by atoms with Gasteiger partial charge in [-0.1, -0.05) is 55.5 Å². The number of carbonyl (C=O) groups excluding carboxylic acids is 1. The monoisotopic (exact) mass is 543 g/mol. The van der Waals surface area contributed by atoms with Crippen LogP contribution in [0.15, 0.2) is 84.0 Å². The molecule has 5 rings (SSSR count). The van der Waals surface area contributed by atoms with E-state index in [4.69, 9.17) is 0 Å². The zero-order valence-corrected chi connectivity index (χ0v) is 23.4. The number of hydrogen-bond acceptors (Lipinski definition) is 7. The summed E-state index contributed by atoms with van der Waals surface area (Å²) in [5, 5.41) is 5.29. The second kappa shape index (κ2) is 10.3. The number of aromatic nitrogens is 2. The summed E-state index contributed by atoms with van der Waals surface area (Å²) >= 11 is 0. The number of anilines is 2. The topological polar surface area (TPSA) is 104 Å². The number of carbonyl (C=O) groups is 1. The van der Waals surface area contributed by atoms with Gasteiger partial charge in [-0.15, -0.1) is 0 Å². The van der Waals surface area contributed by atoms with E-state index in [1.54, 1.807) is 30.5 Å². The molecule has 1 aliphatic heterocycles. The van der Waals surface area contributed by atoms with Gasteiger partial charge < -0.3 is 10.2 Å². The second-order valence-corrected chi connectivity index (χ2v) is 12.2. The van der Waals surface area contributed by atoms with Crippen molar-refractivity contribution in [1.82, 2.24) is 14.7 Å². The molecule has 0 saturated carbocycles. The fourth-order valence-electron chi connectivity index (χ4n) is 5.20. The Hall–Kier alpha value is -3.98. The van der Waals surface area contributed by atoms with Gasteiger partial charge in [-0.3, -0.25) is 4.79 Å². The van der Waals surface area contributed by atoms with Gasteiger partial charge in [0.15, 0.2) is 5.03 Å². The molecule has 1 fully saturated rings. The second-order valence-electron chi connectivity index (χ2n) is 10.6.